The van der Waals surface area contributed by atoms with Crippen molar-refractivity contribution in [1.29, 1.82) is 0 Å². The van der Waals surface area contributed by atoms with E-state index in [1.165, 1.54) is 0 Å². The topological polar surface area (TPSA) is 12.0 Å². The first-order valence-electron chi connectivity index (χ1n) is 6.00. The summed E-state index contributed by atoms with van der Waals surface area (Å²) in [7, 11) is 0. The quantitative estimate of drug-likeness (QED) is 0.781. The molecule has 0 aliphatic rings. The van der Waals surface area contributed by atoms with Gasteiger partial charge in [0.05, 0.1) is 5.56 Å². The van der Waals surface area contributed by atoms with Gasteiger partial charge in [0, 0.05) is 6.04 Å². The van der Waals surface area contributed by atoms with Crippen molar-refractivity contribution in [3.05, 3.63) is 35.1 Å². The molecule has 1 aromatic carbocycles. The zero-order valence-corrected chi connectivity index (χ0v) is 10.4. The number of alkyl halides is 3. The lowest BCUT2D eigenvalue weighted by molar-refractivity contribution is -0.138. The molecule has 0 aliphatic carbocycles. The van der Waals surface area contributed by atoms with Crippen LogP contribution < -0.4 is 5.32 Å². The first-order chi connectivity index (χ1) is 8.40. The Morgan fingerprint density at radius 2 is 1.89 bits per heavy atom. The molecule has 1 aromatic rings. The Labute approximate surface area is 104 Å². The van der Waals surface area contributed by atoms with Crippen LogP contribution in [0.3, 0.4) is 0 Å². The Hall–Kier alpha value is -1.10. The van der Waals surface area contributed by atoms with E-state index in [1.807, 2.05) is 13.8 Å². The minimum absolute atomic E-state index is 0.00815. The molecule has 0 radical (unpaired) electrons. The van der Waals surface area contributed by atoms with Crippen molar-refractivity contribution in [2.75, 3.05) is 6.54 Å². The van der Waals surface area contributed by atoms with Crippen molar-refractivity contribution in [1.82, 2.24) is 5.32 Å². The molecule has 102 valence electrons. The second kappa shape index (κ2) is 6.18. The molecule has 1 nitrogen and oxygen atoms in total. The molecular formula is C13H17F4N. The van der Waals surface area contributed by atoms with E-state index in [0.29, 0.717) is 13.0 Å². The van der Waals surface area contributed by atoms with Crippen molar-refractivity contribution in [3.63, 3.8) is 0 Å². The molecule has 18 heavy (non-hydrogen) atoms. The summed E-state index contributed by atoms with van der Waals surface area (Å²) >= 11 is 0. The van der Waals surface area contributed by atoms with Crippen molar-refractivity contribution < 1.29 is 17.6 Å². The summed E-state index contributed by atoms with van der Waals surface area (Å²) in [6.07, 6.45) is -3.18. The van der Waals surface area contributed by atoms with E-state index in [2.05, 4.69) is 5.32 Å². The third kappa shape index (κ3) is 3.70. The number of nitrogens with one attached hydrogen (secondary N) is 1. The molecule has 0 bridgehead atoms. The van der Waals surface area contributed by atoms with Gasteiger partial charge in [0.15, 0.2) is 0 Å². The SMILES string of the molecule is CCCC(NCC)c1cc(F)ccc1C(F)(F)F. The van der Waals surface area contributed by atoms with Crippen LogP contribution in [-0.4, -0.2) is 6.54 Å². The lowest BCUT2D eigenvalue weighted by atomic mass is 9.96. The van der Waals surface area contributed by atoms with Gasteiger partial charge >= 0.3 is 6.18 Å². The van der Waals surface area contributed by atoms with E-state index in [4.69, 9.17) is 0 Å². The Kier molecular flexibility index (Phi) is 5.14. The fourth-order valence-corrected chi connectivity index (χ4v) is 1.98. The number of hydrogen-bond acceptors (Lipinski definition) is 1. The summed E-state index contributed by atoms with van der Waals surface area (Å²) in [4.78, 5) is 0. The van der Waals surface area contributed by atoms with Gasteiger partial charge in [-0.15, -0.1) is 0 Å². The normalized spacial score (nSPS) is 13.7. The maximum Gasteiger partial charge on any atom is 0.416 e. The molecule has 1 unspecified atom stereocenters. The van der Waals surface area contributed by atoms with Crippen LogP contribution in [0.2, 0.25) is 0 Å². The Bertz CT molecular complexity index is 381. The lowest BCUT2D eigenvalue weighted by Crippen LogP contribution is -2.24. The third-order valence-electron chi connectivity index (χ3n) is 2.72. The monoisotopic (exact) mass is 263 g/mol. The fraction of sp³-hybridized carbons (Fsp3) is 0.538. The fourth-order valence-electron chi connectivity index (χ4n) is 1.98. The molecule has 5 heteroatoms. The van der Waals surface area contributed by atoms with Crippen molar-refractivity contribution in [3.8, 4) is 0 Å². The average Bonchev–Trinajstić information content (AvgIpc) is 2.27. The van der Waals surface area contributed by atoms with Gasteiger partial charge in [-0.1, -0.05) is 20.3 Å². The van der Waals surface area contributed by atoms with E-state index < -0.39 is 23.6 Å². The maximum atomic E-state index is 13.2. The highest BCUT2D eigenvalue weighted by atomic mass is 19.4. The maximum absolute atomic E-state index is 13.2. The highest BCUT2D eigenvalue weighted by Crippen LogP contribution is 2.36. The van der Waals surface area contributed by atoms with Crippen LogP contribution >= 0.6 is 0 Å². The molecule has 0 amide bonds. The highest BCUT2D eigenvalue weighted by molar-refractivity contribution is 5.33. The summed E-state index contributed by atoms with van der Waals surface area (Å²) < 4.78 is 51.8. The molecule has 0 aliphatic heterocycles. The van der Waals surface area contributed by atoms with Gasteiger partial charge in [-0.3, -0.25) is 0 Å². The van der Waals surface area contributed by atoms with Crippen molar-refractivity contribution in [2.24, 2.45) is 0 Å². The van der Waals surface area contributed by atoms with E-state index >= 15 is 0 Å². The van der Waals surface area contributed by atoms with Crippen LogP contribution in [-0.2, 0) is 6.18 Å². The summed E-state index contributed by atoms with van der Waals surface area (Å²) in [6, 6.07) is 2.17. The molecule has 0 saturated carbocycles. The second-order valence-corrected chi connectivity index (χ2v) is 4.13. The number of rotatable bonds is 5. The van der Waals surface area contributed by atoms with Crippen molar-refractivity contribution >= 4 is 0 Å². The van der Waals surface area contributed by atoms with E-state index in [0.717, 1.165) is 24.6 Å². The largest absolute Gasteiger partial charge is 0.416 e. The molecule has 1 N–H and O–H groups in total. The Morgan fingerprint density at radius 1 is 1.22 bits per heavy atom. The van der Waals surface area contributed by atoms with Crippen LogP contribution in [0.15, 0.2) is 18.2 Å². The predicted molar refractivity (Wildman–Crippen MR) is 62.7 cm³/mol. The van der Waals surface area contributed by atoms with E-state index in [-0.39, 0.29) is 5.56 Å². The molecule has 0 heterocycles. The minimum Gasteiger partial charge on any atom is -0.310 e. The van der Waals surface area contributed by atoms with Crippen LogP contribution in [0.1, 0.15) is 43.9 Å². The molecule has 0 spiro atoms. The molecule has 0 fully saturated rings. The van der Waals surface area contributed by atoms with Crippen LogP contribution in [0.5, 0.6) is 0 Å². The van der Waals surface area contributed by atoms with Crippen LogP contribution in [0, 0.1) is 5.82 Å². The zero-order chi connectivity index (χ0) is 13.8. The first-order valence-corrected chi connectivity index (χ1v) is 6.00. The van der Waals surface area contributed by atoms with Crippen molar-refractivity contribution in [2.45, 2.75) is 38.9 Å². The first kappa shape index (κ1) is 15.0. The Balaban J connectivity index is 3.21. The van der Waals surface area contributed by atoms with Gasteiger partial charge in [0.2, 0.25) is 0 Å². The second-order valence-electron chi connectivity index (χ2n) is 4.13. The van der Waals surface area contributed by atoms with Crippen LogP contribution in [0.4, 0.5) is 17.6 Å². The van der Waals surface area contributed by atoms with E-state index in [9.17, 15) is 17.6 Å². The zero-order valence-electron chi connectivity index (χ0n) is 10.4. The average molecular weight is 263 g/mol. The Morgan fingerprint density at radius 3 is 2.39 bits per heavy atom. The van der Waals surface area contributed by atoms with Gasteiger partial charge in [-0.05, 0) is 36.7 Å². The summed E-state index contributed by atoms with van der Waals surface area (Å²) in [5.74, 6) is -0.642. The number of benzene rings is 1. The molecule has 1 atom stereocenters. The minimum atomic E-state index is -4.45. The lowest BCUT2D eigenvalue weighted by Gasteiger charge is -2.22. The smallest absolute Gasteiger partial charge is 0.310 e. The van der Waals surface area contributed by atoms with Gasteiger partial charge in [-0.25, -0.2) is 4.39 Å². The highest BCUT2D eigenvalue weighted by Gasteiger charge is 2.35. The van der Waals surface area contributed by atoms with Gasteiger partial charge in [0.25, 0.3) is 0 Å². The summed E-state index contributed by atoms with van der Waals surface area (Å²) in [5, 5.41) is 2.97. The number of halogens is 4. The predicted octanol–water partition coefficient (Wildman–Crippen LogP) is 4.30. The molecule has 1 rings (SSSR count). The molecule has 0 saturated heterocycles. The molecule has 0 aromatic heterocycles. The van der Waals surface area contributed by atoms with Gasteiger partial charge in [0.1, 0.15) is 5.82 Å². The summed E-state index contributed by atoms with van der Waals surface area (Å²) in [6.45, 7) is 4.24. The standard InChI is InChI=1S/C13H17F4N/c1-3-5-12(18-4-2)10-8-9(14)6-7-11(10)13(15,16)17/h6-8,12,18H,3-5H2,1-2H3. The van der Waals surface area contributed by atoms with Gasteiger partial charge < -0.3 is 5.32 Å². The summed E-state index contributed by atoms with van der Waals surface area (Å²) in [5.41, 5.74) is -0.769. The van der Waals surface area contributed by atoms with E-state index in [1.54, 1.807) is 0 Å². The molecular weight excluding hydrogens is 246 g/mol. The van der Waals surface area contributed by atoms with Gasteiger partial charge in [-0.2, -0.15) is 13.2 Å². The third-order valence-corrected chi connectivity index (χ3v) is 2.72. The van der Waals surface area contributed by atoms with Crippen LogP contribution in [0.25, 0.3) is 0 Å². The number of hydrogen-bond donors (Lipinski definition) is 1.